The van der Waals surface area contributed by atoms with E-state index in [2.05, 4.69) is 5.32 Å². The quantitative estimate of drug-likeness (QED) is 0.825. The molecule has 1 unspecified atom stereocenters. The Morgan fingerprint density at radius 3 is 2.56 bits per heavy atom. The molecule has 0 amide bonds. The minimum atomic E-state index is -3.00. The third-order valence-corrected chi connectivity index (χ3v) is 5.91. The first-order valence-corrected chi connectivity index (χ1v) is 8.90. The molecule has 0 aromatic heterocycles. The second-order valence-corrected chi connectivity index (χ2v) is 8.20. The van der Waals surface area contributed by atoms with Gasteiger partial charge in [0.05, 0.1) is 6.26 Å². The van der Waals surface area contributed by atoms with E-state index in [-0.39, 0.29) is 0 Å². The first-order valence-electron chi connectivity index (χ1n) is 7.05. The molecule has 1 saturated carbocycles. The van der Waals surface area contributed by atoms with Gasteiger partial charge in [0.2, 0.25) is 10.0 Å². The third-order valence-electron chi connectivity index (χ3n) is 4.64. The van der Waals surface area contributed by atoms with Crippen LogP contribution in [0.4, 0.5) is 0 Å². The Morgan fingerprint density at radius 2 is 2.06 bits per heavy atom. The second kappa shape index (κ2) is 5.47. The summed E-state index contributed by atoms with van der Waals surface area (Å²) in [5, 5.41) is 3.31. The van der Waals surface area contributed by atoms with E-state index in [9.17, 15) is 8.42 Å². The summed E-state index contributed by atoms with van der Waals surface area (Å²) < 4.78 is 24.9. The fourth-order valence-electron chi connectivity index (χ4n) is 3.61. The molecule has 0 aromatic rings. The Balaban J connectivity index is 1.93. The standard InChI is InChI=1S/C13H26N2O2S/c1-14-11-13(6-4-7-13)9-12-5-3-8-15(10-12)18(2,16)17/h12,14H,3-11H2,1-2H3. The molecule has 2 aliphatic rings. The van der Waals surface area contributed by atoms with Crippen LogP contribution in [-0.2, 0) is 10.0 Å². The van der Waals surface area contributed by atoms with Crippen LogP contribution in [0.3, 0.4) is 0 Å². The van der Waals surface area contributed by atoms with Crippen molar-refractivity contribution in [2.45, 2.75) is 38.5 Å². The predicted octanol–water partition coefficient (Wildman–Crippen LogP) is 1.44. The highest BCUT2D eigenvalue weighted by Crippen LogP contribution is 2.46. The van der Waals surface area contributed by atoms with Crippen LogP contribution in [0.5, 0.6) is 0 Å². The summed E-state index contributed by atoms with van der Waals surface area (Å²) >= 11 is 0. The Labute approximate surface area is 111 Å². The second-order valence-electron chi connectivity index (χ2n) is 6.22. The van der Waals surface area contributed by atoms with Crippen molar-refractivity contribution in [3.8, 4) is 0 Å². The number of nitrogens with one attached hydrogen (secondary N) is 1. The van der Waals surface area contributed by atoms with Gasteiger partial charge in [-0.3, -0.25) is 0 Å². The average molecular weight is 274 g/mol. The number of hydrogen-bond donors (Lipinski definition) is 1. The Bertz CT molecular complexity index is 376. The summed E-state index contributed by atoms with van der Waals surface area (Å²) in [4.78, 5) is 0. The highest BCUT2D eigenvalue weighted by molar-refractivity contribution is 7.88. The van der Waals surface area contributed by atoms with E-state index >= 15 is 0 Å². The molecule has 0 aromatic carbocycles. The lowest BCUT2D eigenvalue weighted by molar-refractivity contribution is 0.0769. The zero-order valence-corrected chi connectivity index (χ0v) is 12.4. The van der Waals surface area contributed by atoms with Crippen LogP contribution in [0.2, 0.25) is 0 Å². The van der Waals surface area contributed by atoms with Gasteiger partial charge < -0.3 is 5.32 Å². The first-order chi connectivity index (χ1) is 8.45. The van der Waals surface area contributed by atoms with Gasteiger partial charge in [0.25, 0.3) is 0 Å². The molecule has 1 atom stereocenters. The monoisotopic (exact) mass is 274 g/mol. The molecular weight excluding hydrogens is 248 g/mol. The smallest absolute Gasteiger partial charge is 0.211 e. The first kappa shape index (κ1) is 14.3. The molecule has 1 aliphatic heterocycles. The molecule has 1 heterocycles. The molecule has 1 aliphatic carbocycles. The summed E-state index contributed by atoms with van der Waals surface area (Å²) in [5.74, 6) is 0.558. The van der Waals surface area contributed by atoms with Crippen LogP contribution in [0, 0.1) is 11.3 Å². The van der Waals surface area contributed by atoms with Gasteiger partial charge in [0.15, 0.2) is 0 Å². The molecule has 0 spiro atoms. The molecule has 0 bridgehead atoms. The number of hydrogen-bond acceptors (Lipinski definition) is 3. The van der Waals surface area contributed by atoms with E-state index in [0.29, 0.717) is 17.9 Å². The number of sulfonamides is 1. The van der Waals surface area contributed by atoms with Gasteiger partial charge in [-0.1, -0.05) is 6.42 Å². The fraction of sp³-hybridized carbons (Fsp3) is 1.00. The zero-order valence-electron chi connectivity index (χ0n) is 11.6. The normalized spacial score (nSPS) is 28.9. The van der Waals surface area contributed by atoms with Crippen molar-refractivity contribution in [1.82, 2.24) is 9.62 Å². The van der Waals surface area contributed by atoms with Crippen molar-refractivity contribution < 1.29 is 8.42 Å². The van der Waals surface area contributed by atoms with E-state index in [4.69, 9.17) is 0 Å². The maximum atomic E-state index is 11.6. The molecule has 106 valence electrons. The van der Waals surface area contributed by atoms with Gasteiger partial charge in [-0.25, -0.2) is 12.7 Å². The largest absolute Gasteiger partial charge is 0.319 e. The molecule has 0 radical (unpaired) electrons. The van der Waals surface area contributed by atoms with Gasteiger partial charge in [-0.05, 0) is 50.5 Å². The Hall–Kier alpha value is -0.130. The molecule has 5 heteroatoms. The SMILES string of the molecule is CNCC1(CC2CCCN(S(C)(=O)=O)C2)CCC1. The van der Waals surface area contributed by atoms with Gasteiger partial charge in [0, 0.05) is 19.6 Å². The molecule has 1 N–H and O–H groups in total. The average Bonchev–Trinajstić information content (AvgIpc) is 2.25. The lowest BCUT2D eigenvalue weighted by atomic mass is 9.63. The minimum Gasteiger partial charge on any atom is -0.319 e. The van der Waals surface area contributed by atoms with Crippen molar-refractivity contribution >= 4 is 10.0 Å². The maximum Gasteiger partial charge on any atom is 0.211 e. The summed E-state index contributed by atoms with van der Waals surface area (Å²) in [7, 11) is -0.980. The van der Waals surface area contributed by atoms with E-state index < -0.39 is 10.0 Å². The highest BCUT2D eigenvalue weighted by atomic mass is 32.2. The van der Waals surface area contributed by atoms with Crippen LogP contribution in [0.1, 0.15) is 38.5 Å². The van der Waals surface area contributed by atoms with Gasteiger partial charge in [-0.15, -0.1) is 0 Å². The molecule has 4 nitrogen and oxygen atoms in total. The summed E-state index contributed by atoms with van der Waals surface area (Å²) in [6.45, 7) is 2.54. The maximum absolute atomic E-state index is 11.6. The summed E-state index contributed by atoms with van der Waals surface area (Å²) in [6, 6.07) is 0. The van der Waals surface area contributed by atoms with E-state index in [1.165, 1.54) is 38.4 Å². The van der Waals surface area contributed by atoms with Crippen molar-refractivity contribution in [3.63, 3.8) is 0 Å². The zero-order chi connectivity index (χ0) is 13.2. The van der Waals surface area contributed by atoms with Gasteiger partial charge in [-0.2, -0.15) is 0 Å². The predicted molar refractivity (Wildman–Crippen MR) is 74.0 cm³/mol. The van der Waals surface area contributed by atoms with Gasteiger partial charge in [0.1, 0.15) is 0 Å². The van der Waals surface area contributed by atoms with Crippen LogP contribution in [-0.4, -0.2) is 45.7 Å². The fourth-order valence-corrected chi connectivity index (χ4v) is 4.55. The van der Waals surface area contributed by atoms with Crippen molar-refractivity contribution in [2.24, 2.45) is 11.3 Å². The third kappa shape index (κ3) is 3.25. The lowest BCUT2D eigenvalue weighted by Gasteiger charge is -2.45. The van der Waals surface area contributed by atoms with Crippen LogP contribution < -0.4 is 5.32 Å². The minimum absolute atomic E-state index is 0.458. The highest BCUT2D eigenvalue weighted by Gasteiger charge is 2.39. The van der Waals surface area contributed by atoms with Crippen LogP contribution in [0.25, 0.3) is 0 Å². The molecule has 18 heavy (non-hydrogen) atoms. The lowest BCUT2D eigenvalue weighted by Crippen LogP contribution is -2.45. The van der Waals surface area contributed by atoms with Crippen molar-refractivity contribution in [3.05, 3.63) is 0 Å². The van der Waals surface area contributed by atoms with Gasteiger partial charge >= 0.3 is 0 Å². The molecule has 1 saturated heterocycles. The van der Waals surface area contributed by atoms with Crippen molar-refractivity contribution in [2.75, 3.05) is 32.9 Å². The van der Waals surface area contributed by atoms with E-state index in [1.807, 2.05) is 7.05 Å². The van der Waals surface area contributed by atoms with E-state index in [1.54, 1.807) is 4.31 Å². The number of rotatable bonds is 5. The van der Waals surface area contributed by atoms with Crippen LogP contribution >= 0.6 is 0 Å². The van der Waals surface area contributed by atoms with Crippen LogP contribution in [0.15, 0.2) is 0 Å². The summed E-state index contributed by atoms with van der Waals surface area (Å²) in [5.41, 5.74) is 0.458. The number of nitrogens with zero attached hydrogens (tertiary/aromatic N) is 1. The Kier molecular flexibility index (Phi) is 4.34. The molecule has 2 rings (SSSR count). The topological polar surface area (TPSA) is 49.4 Å². The van der Waals surface area contributed by atoms with Crippen molar-refractivity contribution in [1.29, 1.82) is 0 Å². The molecular formula is C13H26N2O2S. The Morgan fingerprint density at radius 1 is 1.33 bits per heavy atom. The number of piperidine rings is 1. The summed E-state index contributed by atoms with van der Waals surface area (Å²) in [6.07, 6.45) is 8.70. The van der Waals surface area contributed by atoms with E-state index in [0.717, 1.165) is 19.5 Å². The molecule has 2 fully saturated rings.